The van der Waals surface area contributed by atoms with Crippen LogP contribution in [0.1, 0.15) is 12.8 Å². The first-order chi connectivity index (χ1) is 5.45. The smallest absolute Gasteiger partial charge is 0.153 e. The normalized spacial score (nSPS) is 19.3. The van der Waals surface area contributed by atoms with E-state index in [1.54, 1.807) is 11.9 Å². The second-order valence-corrected chi connectivity index (χ2v) is 4.28. The number of aromatic nitrogens is 1. The van der Waals surface area contributed by atoms with Crippen LogP contribution in [0, 0.1) is 5.51 Å². The maximum atomic E-state index is 4.09. The lowest BCUT2D eigenvalue weighted by atomic mass is 10.4. The number of nitrogens with zero attached hydrogens (tertiary/aromatic N) is 2. The molecule has 0 unspecified atom stereocenters. The van der Waals surface area contributed by atoms with Crippen molar-refractivity contribution in [3.05, 3.63) is 10.9 Å². The van der Waals surface area contributed by atoms with Gasteiger partial charge in [-0.05, 0) is 24.8 Å². The second-order valence-electron chi connectivity index (χ2n) is 2.50. The van der Waals surface area contributed by atoms with Crippen molar-refractivity contribution in [1.82, 2.24) is 9.29 Å². The first-order valence-corrected chi connectivity index (χ1v) is 5.35. The molecule has 0 spiro atoms. The van der Waals surface area contributed by atoms with Crippen LogP contribution in [0.25, 0.3) is 0 Å². The largest absolute Gasteiger partial charge is 0.245 e. The Morgan fingerprint density at radius 2 is 2.36 bits per heavy atom. The van der Waals surface area contributed by atoms with E-state index >= 15 is 0 Å². The minimum absolute atomic E-state index is 1.09. The van der Waals surface area contributed by atoms with E-state index in [-0.39, 0.29) is 0 Å². The molecule has 4 heteroatoms. The molecule has 59 valence electrons. The van der Waals surface area contributed by atoms with Gasteiger partial charge in [0.1, 0.15) is 5.03 Å². The average Bonchev–Trinajstić information content (AvgIpc) is 2.60. The van der Waals surface area contributed by atoms with Gasteiger partial charge in [0, 0.05) is 18.5 Å². The summed E-state index contributed by atoms with van der Waals surface area (Å²) in [4.78, 5) is 4.09. The summed E-state index contributed by atoms with van der Waals surface area (Å²) in [7, 11) is 0. The van der Waals surface area contributed by atoms with Gasteiger partial charge in [0.15, 0.2) is 5.51 Å². The summed E-state index contributed by atoms with van der Waals surface area (Å²) in [6.45, 7) is 2.42. The highest BCUT2D eigenvalue weighted by Gasteiger charge is 2.13. The Morgan fingerprint density at radius 3 is 3.00 bits per heavy atom. The summed E-state index contributed by atoms with van der Waals surface area (Å²) < 4.78 is 2.36. The molecule has 0 amide bonds. The van der Waals surface area contributed by atoms with Gasteiger partial charge < -0.3 is 0 Å². The molecule has 2 rings (SSSR count). The molecule has 0 aliphatic carbocycles. The van der Waals surface area contributed by atoms with Crippen LogP contribution in [0.15, 0.2) is 10.4 Å². The zero-order valence-corrected chi connectivity index (χ0v) is 7.75. The minimum atomic E-state index is 1.09. The van der Waals surface area contributed by atoms with Gasteiger partial charge in [0.2, 0.25) is 0 Å². The van der Waals surface area contributed by atoms with Crippen LogP contribution >= 0.6 is 23.3 Å². The molecule has 1 aromatic rings. The van der Waals surface area contributed by atoms with Gasteiger partial charge in [0.05, 0.1) is 0 Å². The van der Waals surface area contributed by atoms with Crippen molar-refractivity contribution < 1.29 is 0 Å². The Kier molecular flexibility index (Phi) is 2.45. The predicted molar refractivity (Wildman–Crippen MR) is 47.6 cm³/mol. The summed E-state index contributed by atoms with van der Waals surface area (Å²) in [5.41, 5.74) is 2.85. The fourth-order valence-corrected chi connectivity index (χ4v) is 2.65. The minimum Gasteiger partial charge on any atom is -0.245 e. The average molecular weight is 185 g/mol. The van der Waals surface area contributed by atoms with Crippen LogP contribution in [0.3, 0.4) is 0 Å². The fourth-order valence-electron chi connectivity index (χ4n) is 1.13. The molecule has 0 saturated carbocycles. The molecule has 1 radical (unpaired) electrons. The Balaban J connectivity index is 1.90. The molecule has 1 aliphatic rings. The lowest BCUT2D eigenvalue weighted by Gasteiger charge is -2.09. The summed E-state index contributed by atoms with van der Waals surface area (Å²) in [5, 5.41) is 3.14. The van der Waals surface area contributed by atoms with Crippen molar-refractivity contribution in [3.8, 4) is 0 Å². The molecule has 11 heavy (non-hydrogen) atoms. The molecular weight excluding hydrogens is 176 g/mol. The predicted octanol–water partition coefficient (Wildman–Crippen LogP) is 2.05. The Labute approximate surface area is 74.8 Å². The molecule has 0 bridgehead atoms. The Bertz CT molecular complexity index is 204. The molecular formula is C7H9N2S2. The zero-order valence-electron chi connectivity index (χ0n) is 6.12. The third kappa shape index (κ3) is 1.95. The maximum Gasteiger partial charge on any atom is 0.153 e. The summed E-state index contributed by atoms with van der Waals surface area (Å²) in [5.74, 6) is 0. The summed E-state index contributed by atoms with van der Waals surface area (Å²) in [6, 6.07) is 0. The molecule has 2 nitrogen and oxygen atoms in total. The SMILES string of the molecule is [c]1nc(SN2CCCC2)cs1. The third-order valence-corrected chi connectivity index (χ3v) is 3.36. The number of hydrogen-bond donors (Lipinski definition) is 0. The molecule has 1 saturated heterocycles. The van der Waals surface area contributed by atoms with E-state index in [4.69, 9.17) is 0 Å². The number of rotatable bonds is 2. The van der Waals surface area contributed by atoms with Gasteiger partial charge in [0.25, 0.3) is 0 Å². The summed E-state index contributed by atoms with van der Waals surface area (Å²) in [6.07, 6.45) is 2.67. The number of hydrogen-bond acceptors (Lipinski definition) is 4. The summed E-state index contributed by atoms with van der Waals surface area (Å²) >= 11 is 3.30. The lowest BCUT2D eigenvalue weighted by Crippen LogP contribution is -2.08. The van der Waals surface area contributed by atoms with Gasteiger partial charge in [-0.15, -0.1) is 11.3 Å². The van der Waals surface area contributed by atoms with Crippen molar-refractivity contribution in [2.75, 3.05) is 13.1 Å². The monoisotopic (exact) mass is 185 g/mol. The standard InChI is InChI=1S/C7H9N2S2/c1-2-4-9(3-1)11-7-5-10-6-8-7/h5H,1-4H2. The van der Waals surface area contributed by atoms with Crippen molar-refractivity contribution in [2.24, 2.45) is 0 Å². The van der Waals surface area contributed by atoms with E-state index < -0.39 is 0 Å². The van der Waals surface area contributed by atoms with E-state index in [9.17, 15) is 0 Å². The van der Waals surface area contributed by atoms with Gasteiger partial charge in [-0.25, -0.2) is 9.29 Å². The molecule has 0 aromatic carbocycles. The van der Waals surface area contributed by atoms with Crippen molar-refractivity contribution in [2.45, 2.75) is 17.9 Å². The van der Waals surface area contributed by atoms with E-state index in [2.05, 4.69) is 14.8 Å². The first kappa shape index (κ1) is 7.58. The van der Waals surface area contributed by atoms with Gasteiger partial charge >= 0.3 is 0 Å². The lowest BCUT2D eigenvalue weighted by molar-refractivity contribution is 0.585. The van der Waals surface area contributed by atoms with E-state index in [1.807, 2.05) is 5.38 Å². The van der Waals surface area contributed by atoms with Crippen molar-refractivity contribution in [3.63, 3.8) is 0 Å². The van der Waals surface area contributed by atoms with Crippen LogP contribution in [0.5, 0.6) is 0 Å². The van der Waals surface area contributed by atoms with Crippen molar-refractivity contribution in [1.29, 1.82) is 0 Å². The highest BCUT2D eigenvalue weighted by atomic mass is 32.2. The van der Waals surface area contributed by atoms with Gasteiger partial charge in [-0.2, -0.15) is 0 Å². The van der Waals surface area contributed by atoms with E-state index in [1.165, 1.54) is 37.3 Å². The van der Waals surface area contributed by atoms with Crippen LogP contribution in [0.2, 0.25) is 0 Å². The first-order valence-electron chi connectivity index (χ1n) is 3.69. The van der Waals surface area contributed by atoms with Crippen LogP contribution in [-0.4, -0.2) is 22.4 Å². The Hall–Kier alpha value is -0.0600. The quantitative estimate of drug-likeness (QED) is 0.656. The fraction of sp³-hybridized carbons (Fsp3) is 0.571. The molecule has 1 aromatic heterocycles. The highest BCUT2D eigenvalue weighted by molar-refractivity contribution is 7.97. The molecule has 2 heterocycles. The van der Waals surface area contributed by atoms with Gasteiger partial charge in [-0.3, -0.25) is 0 Å². The number of thiazole rings is 1. The molecule has 1 aliphatic heterocycles. The van der Waals surface area contributed by atoms with Crippen LogP contribution in [-0.2, 0) is 0 Å². The van der Waals surface area contributed by atoms with Crippen LogP contribution < -0.4 is 0 Å². The van der Waals surface area contributed by atoms with Crippen LogP contribution in [0.4, 0.5) is 0 Å². The maximum absolute atomic E-state index is 4.09. The second kappa shape index (κ2) is 3.56. The molecule has 0 N–H and O–H groups in total. The van der Waals surface area contributed by atoms with E-state index in [0.717, 1.165) is 5.03 Å². The van der Waals surface area contributed by atoms with E-state index in [0.29, 0.717) is 0 Å². The highest BCUT2D eigenvalue weighted by Crippen LogP contribution is 2.25. The molecule has 1 fully saturated rings. The van der Waals surface area contributed by atoms with Crippen molar-refractivity contribution >= 4 is 23.3 Å². The topological polar surface area (TPSA) is 16.1 Å². The zero-order chi connectivity index (χ0) is 7.52. The third-order valence-electron chi connectivity index (χ3n) is 1.66. The molecule has 0 atom stereocenters. The van der Waals surface area contributed by atoms with Gasteiger partial charge in [-0.1, -0.05) is 0 Å². The Morgan fingerprint density at radius 1 is 1.55 bits per heavy atom.